The van der Waals surface area contributed by atoms with Crippen molar-refractivity contribution >= 4 is 6.03 Å². The van der Waals surface area contributed by atoms with E-state index in [1.807, 2.05) is 4.90 Å². The number of urea groups is 1. The highest BCUT2D eigenvalue weighted by Gasteiger charge is 2.19. The average Bonchev–Trinajstić information content (AvgIpc) is 2.18. The van der Waals surface area contributed by atoms with Gasteiger partial charge in [-0.15, -0.1) is 0 Å². The van der Waals surface area contributed by atoms with E-state index in [-0.39, 0.29) is 6.03 Å². The Morgan fingerprint density at radius 1 is 1.53 bits per heavy atom. The Bertz CT molecular complexity index is 201. The Kier molecular flexibility index (Phi) is 4.85. The first-order valence-corrected chi connectivity index (χ1v) is 5.76. The lowest BCUT2D eigenvalue weighted by Crippen LogP contribution is -2.44. The normalized spacial score (nSPS) is 20.1. The molecule has 0 aliphatic carbocycles. The molecule has 1 aliphatic heterocycles. The Labute approximate surface area is 91.0 Å². The number of hydrogen-bond acceptors (Lipinski definition) is 1. The first-order chi connectivity index (χ1) is 7.09. The van der Waals surface area contributed by atoms with E-state index in [4.69, 9.17) is 0 Å². The van der Waals surface area contributed by atoms with E-state index in [9.17, 15) is 9.18 Å². The zero-order valence-electron chi connectivity index (χ0n) is 9.63. The van der Waals surface area contributed by atoms with Gasteiger partial charge in [0.2, 0.25) is 0 Å². The Morgan fingerprint density at radius 3 is 2.67 bits per heavy atom. The maximum atomic E-state index is 12.5. The van der Waals surface area contributed by atoms with Crippen LogP contribution in [0.5, 0.6) is 0 Å². The SMILES string of the molecule is CC(F)CCNC(=O)N1CCC(C)CC1. The molecular weight excluding hydrogens is 195 g/mol. The van der Waals surface area contributed by atoms with Gasteiger partial charge in [-0.25, -0.2) is 9.18 Å². The first-order valence-electron chi connectivity index (χ1n) is 5.76. The highest BCUT2D eigenvalue weighted by atomic mass is 19.1. The van der Waals surface area contributed by atoms with Crippen LogP contribution in [0.4, 0.5) is 9.18 Å². The molecule has 0 radical (unpaired) electrons. The van der Waals surface area contributed by atoms with Gasteiger partial charge in [-0.2, -0.15) is 0 Å². The summed E-state index contributed by atoms with van der Waals surface area (Å²) in [4.78, 5) is 13.4. The molecule has 0 aromatic rings. The van der Waals surface area contributed by atoms with Gasteiger partial charge in [-0.05, 0) is 32.1 Å². The summed E-state index contributed by atoms with van der Waals surface area (Å²) in [6.07, 6.45) is 1.71. The fourth-order valence-corrected chi connectivity index (χ4v) is 1.70. The number of carbonyl (C=O) groups is 1. The number of halogens is 1. The minimum atomic E-state index is -0.841. The molecule has 0 bridgehead atoms. The number of nitrogens with one attached hydrogen (secondary N) is 1. The summed E-state index contributed by atoms with van der Waals surface area (Å²) < 4.78 is 12.5. The molecule has 1 atom stereocenters. The zero-order valence-corrected chi connectivity index (χ0v) is 9.63. The van der Waals surface area contributed by atoms with Crippen molar-refractivity contribution in [2.24, 2.45) is 5.92 Å². The second kappa shape index (κ2) is 5.93. The third kappa shape index (κ3) is 4.49. The summed E-state index contributed by atoms with van der Waals surface area (Å²) in [6.45, 7) is 5.81. The topological polar surface area (TPSA) is 32.3 Å². The minimum Gasteiger partial charge on any atom is -0.338 e. The van der Waals surface area contributed by atoms with Gasteiger partial charge in [-0.1, -0.05) is 6.92 Å². The predicted octanol–water partition coefficient (Wildman–Crippen LogP) is 2.18. The number of alkyl halides is 1. The van der Waals surface area contributed by atoms with Crippen LogP contribution in [0.25, 0.3) is 0 Å². The molecule has 3 nitrogen and oxygen atoms in total. The van der Waals surface area contributed by atoms with Crippen molar-refractivity contribution in [3.8, 4) is 0 Å². The van der Waals surface area contributed by atoms with Gasteiger partial charge in [0.15, 0.2) is 0 Å². The van der Waals surface area contributed by atoms with Crippen molar-refractivity contribution in [3.63, 3.8) is 0 Å². The van der Waals surface area contributed by atoms with Crippen molar-refractivity contribution < 1.29 is 9.18 Å². The Hall–Kier alpha value is -0.800. The smallest absolute Gasteiger partial charge is 0.317 e. The number of nitrogens with zero attached hydrogens (tertiary/aromatic N) is 1. The Balaban J connectivity index is 2.17. The van der Waals surface area contributed by atoms with Crippen LogP contribution in [0.3, 0.4) is 0 Å². The highest BCUT2D eigenvalue weighted by molar-refractivity contribution is 5.74. The molecule has 88 valence electrons. The van der Waals surface area contributed by atoms with Crippen LogP contribution in [-0.4, -0.2) is 36.7 Å². The summed E-state index contributed by atoms with van der Waals surface area (Å²) in [6, 6.07) is -0.0393. The summed E-state index contributed by atoms with van der Waals surface area (Å²) in [5.41, 5.74) is 0. The van der Waals surface area contributed by atoms with E-state index in [2.05, 4.69) is 12.2 Å². The molecule has 0 aromatic heterocycles. The van der Waals surface area contributed by atoms with Crippen molar-refractivity contribution in [1.29, 1.82) is 0 Å². The third-order valence-corrected chi connectivity index (χ3v) is 2.89. The van der Waals surface area contributed by atoms with Crippen LogP contribution in [0.1, 0.15) is 33.1 Å². The molecule has 15 heavy (non-hydrogen) atoms. The molecule has 1 rings (SSSR count). The maximum absolute atomic E-state index is 12.5. The van der Waals surface area contributed by atoms with Crippen LogP contribution in [0.2, 0.25) is 0 Å². The van der Waals surface area contributed by atoms with E-state index in [0.717, 1.165) is 31.8 Å². The number of rotatable bonds is 3. The molecule has 1 unspecified atom stereocenters. The van der Waals surface area contributed by atoms with Gasteiger partial charge in [0.1, 0.15) is 0 Å². The Morgan fingerprint density at radius 2 is 2.13 bits per heavy atom. The van der Waals surface area contributed by atoms with Gasteiger partial charge in [0.25, 0.3) is 0 Å². The third-order valence-electron chi connectivity index (χ3n) is 2.89. The number of likely N-dealkylation sites (tertiary alicyclic amines) is 1. The van der Waals surface area contributed by atoms with E-state index >= 15 is 0 Å². The van der Waals surface area contributed by atoms with Crippen molar-refractivity contribution in [2.75, 3.05) is 19.6 Å². The van der Waals surface area contributed by atoms with Crippen molar-refractivity contribution in [1.82, 2.24) is 10.2 Å². The van der Waals surface area contributed by atoms with Crippen molar-refractivity contribution in [3.05, 3.63) is 0 Å². The first kappa shape index (κ1) is 12.3. The second-order valence-corrected chi connectivity index (χ2v) is 4.47. The van der Waals surface area contributed by atoms with Crippen LogP contribution >= 0.6 is 0 Å². The predicted molar refractivity (Wildman–Crippen MR) is 58.6 cm³/mol. The van der Waals surface area contributed by atoms with Crippen LogP contribution in [0.15, 0.2) is 0 Å². The number of piperidine rings is 1. The minimum absolute atomic E-state index is 0.0393. The summed E-state index contributed by atoms with van der Waals surface area (Å²) in [7, 11) is 0. The lowest BCUT2D eigenvalue weighted by molar-refractivity contribution is 0.173. The van der Waals surface area contributed by atoms with Gasteiger partial charge in [0, 0.05) is 19.6 Å². The summed E-state index contributed by atoms with van der Waals surface area (Å²) in [5.74, 6) is 0.722. The lowest BCUT2D eigenvalue weighted by atomic mass is 10.00. The molecule has 0 saturated carbocycles. The molecule has 0 spiro atoms. The number of hydrogen-bond donors (Lipinski definition) is 1. The molecule has 1 aliphatic rings. The summed E-state index contributed by atoms with van der Waals surface area (Å²) >= 11 is 0. The molecule has 1 fully saturated rings. The second-order valence-electron chi connectivity index (χ2n) is 4.47. The van der Waals surface area contributed by atoms with E-state index < -0.39 is 6.17 Å². The van der Waals surface area contributed by atoms with Crippen molar-refractivity contribution in [2.45, 2.75) is 39.3 Å². The average molecular weight is 216 g/mol. The molecule has 1 saturated heterocycles. The molecule has 4 heteroatoms. The number of carbonyl (C=O) groups excluding carboxylic acids is 1. The molecule has 0 aromatic carbocycles. The summed E-state index contributed by atoms with van der Waals surface area (Å²) in [5, 5.41) is 2.75. The fraction of sp³-hybridized carbons (Fsp3) is 0.909. The standard InChI is InChI=1S/C11H21FN2O/c1-9-4-7-14(8-5-9)11(15)13-6-3-10(2)12/h9-10H,3-8H2,1-2H3,(H,13,15). The monoisotopic (exact) mass is 216 g/mol. The van der Waals surface area contributed by atoms with E-state index in [1.54, 1.807) is 0 Å². The van der Waals surface area contributed by atoms with Crippen LogP contribution < -0.4 is 5.32 Å². The fourth-order valence-electron chi connectivity index (χ4n) is 1.70. The molecule has 1 N–H and O–H groups in total. The number of amides is 2. The van der Waals surface area contributed by atoms with Gasteiger partial charge < -0.3 is 10.2 Å². The molecule has 2 amide bonds. The van der Waals surface area contributed by atoms with Gasteiger partial charge >= 0.3 is 6.03 Å². The van der Waals surface area contributed by atoms with Crippen LogP contribution in [-0.2, 0) is 0 Å². The maximum Gasteiger partial charge on any atom is 0.317 e. The van der Waals surface area contributed by atoms with E-state index in [0.29, 0.717) is 13.0 Å². The quantitative estimate of drug-likeness (QED) is 0.770. The highest BCUT2D eigenvalue weighted by Crippen LogP contribution is 2.15. The zero-order chi connectivity index (χ0) is 11.3. The molecular formula is C11H21FN2O. The van der Waals surface area contributed by atoms with Crippen LogP contribution in [0, 0.1) is 5.92 Å². The largest absolute Gasteiger partial charge is 0.338 e. The van der Waals surface area contributed by atoms with Gasteiger partial charge in [0.05, 0.1) is 6.17 Å². The molecule has 1 heterocycles. The lowest BCUT2D eigenvalue weighted by Gasteiger charge is -2.30. The van der Waals surface area contributed by atoms with E-state index in [1.165, 1.54) is 6.92 Å². The van der Waals surface area contributed by atoms with Gasteiger partial charge in [-0.3, -0.25) is 0 Å².